The second kappa shape index (κ2) is 8.40. The number of hydrogen-bond donors (Lipinski definition) is 2. The Bertz CT molecular complexity index is 709. The molecule has 134 valence electrons. The summed E-state index contributed by atoms with van der Waals surface area (Å²) in [4.78, 5) is 41.5. The third-order valence-electron chi connectivity index (χ3n) is 3.24. The third kappa shape index (κ3) is 4.88. The molecule has 0 bridgehead atoms. The van der Waals surface area contributed by atoms with Crippen molar-refractivity contribution in [3.63, 3.8) is 0 Å². The highest BCUT2D eigenvalue weighted by atomic mass is 32.1. The van der Waals surface area contributed by atoms with Gasteiger partial charge in [-0.1, -0.05) is 13.2 Å². The third-order valence-corrected chi connectivity index (χ3v) is 4.14. The summed E-state index contributed by atoms with van der Waals surface area (Å²) in [5, 5.41) is 6.83. The molecule has 25 heavy (non-hydrogen) atoms. The summed E-state index contributed by atoms with van der Waals surface area (Å²) in [5.41, 5.74) is -0.325. The summed E-state index contributed by atoms with van der Waals surface area (Å²) >= 11 is 1.33. The number of nitrogens with zero attached hydrogens (tertiary/aromatic N) is 2. The molecule has 0 aliphatic carbocycles. The predicted octanol–water partition coefficient (Wildman–Crippen LogP) is 0.0261. The minimum Gasteiger partial charge on any atom is -0.464 e. The zero-order valence-corrected chi connectivity index (χ0v) is 14.5. The molecular formula is C15H18N4O5S. The second-order valence-electron chi connectivity index (χ2n) is 4.97. The number of methoxy groups -OCH3 is 1. The lowest BCUT2D eigenvalue weighted by atomic mass is 10.3. The second-order valence-corrected chi connectivity index (χ2v) is 5.81. The normalized spacial score (nSPS) is 13.7. The number of carbonyl (C=O) groups excluding carboxylic acids is 3. The van der Waals surface area contributed by atoms with Crippen LogP contribution in [0.1, 0.15) is 10.5 Å². The summed E-state index contributed by atoms with van der Waals surface area (Å²) < 4.78 is 9.68. The van der Waals surface area contributed by atoms with E-state index in [-0.39, 0.29) is 17.1 Å². The summed E-state index contributed by atoms with van der Waals surface area (Å²) in [5.74, 6) is -2.13. The van der Waals surface area contributed by atoms with Gasteiger partial charge in [0.2, 0.25) is 0 Å². The monoisotopic (exact) mass is 366 g/mol. The number of hydrogen-bond acceptors (Lipinski definition) is 8. The first kappa shape index (κ1) is 18.6. The lowest BCUT2D eigenvalue weighted by Gasteiger charge is -2.25. The molecule has 10 heteroatoms. The first-order chi connectivity index (χ1) is 11.9. The SMILES string of the molecule is C=C(NC(=O)c1csc(N2CCOCC2)n1)C(=O)NC(=C)C(=O)OC. The Labute approximate surface area is 148 Å². The van der Waals surface area contributed by atoms with Gasteiger partial charge in [-0.25, -0.2) is 9.78 Å². The molecule has 0 spiro atoms. The van der Waals surface area contributed by atoms with Gasteiger partial charge in [-0.2, -0.15) is 0 Å². The van der Waals surface area contributed by atoms with Crippen LogP contribution in [0.15, 0.2) is 29.9 Å². The average molecular weight is 366 g/mol. The number of rotatable bonds is 6. The van der Waals surface area contributed by atoms with Crippen LogP contribution in [0.3, 0.4) is 0 Å². The van der Waals surface area contributed by atoms with Gasteiger partial charge in [-0.05, 0) is 0 Å². The topological polar surface area (TPSA) is 110 Å². The van der Waals surface area contributed by atoms with Gasteiger partial charge in [-0.3, -0.25) is 9.59 Å². The van der Waals surface area contributed by atoms with Crippen molar-refractivity contribution in [1.82, 2.24) is 15.6 Å². The van der Waals surface area contributed by atoms with Crippen LogP contribution < -0.4 is 15.5 Å². The molecule has 0 atom stereocenters. The summed E-state index contributed by atoms with van der Waals surface area (Å²) in [6.07, 6.45) is 0. The fourth-order valence-electron chi connectivity index (χ4n) is 1.91. The number of ether oxygens (including phenoxy) is 2. The average Bonchev–Trinajstić information content (AvgIpc) is 3.11. The van der Waals surface area contributed by atoms with Crippen LogP contribution in [-0.2, 0) is 19.1 Å². The quantitative estimate of drug-likeness (QED) is 0.540. The van der Waals surface area contributed by atoms with Crippen molar-refractivity contribution in [3.8, 4) is 0 Å². The minimum atomic E-state index is -0.790. The molecule has 2 rings (SSSR count). The van der Waals surface area contributed by atoms with E-state index in [1.165, 1.54) is 11.3 Å². The molecule has 2 amide bonds. The van der Waals surface area contributed by atoms with Gasteiger partial charge in [-0.15, -0.1) is 11.3 Å². The number of anilines is 1. The van der Waals surface area contributed by atoms with Gasteiger partial charge in [0.15, 0.2) is 5.13 Å². The lowest BCUT2D eigenvalue weighted by Crippen LogP contribution is -2.36. The van der Waals surface area contributed by atoms with Crippen molar-refractivity contribution in [2.24, 2.45) is 0 Å². The van der Waals surface area contributed by atoms with E-state index >= 15 is 0 Å². The van der Waals surface area contributed by atoms with Gasteiger partial charge in [0.05, 0.1) is 26.0 Å². The van der Waals surface area contributed by atoms with E-state index in [1.807, 2.05) is 4.90 Å². The molecule has 1 aliphatic rings. The van der Waals surface area contributed by atoms with Gasteiger partial charge < -0.3 is 25.0 Å². The number of morpholine rings is 1. The maximum absolute atomic E-state index is 12.2. The van der Waals surface area contributed by atoms with Gasteiger partial charge in [0.25, 0.3) is 11.8 Å². The molecule has 9 nitrogen and oxygen atoms in total. The first-order valence-corrected chi connectivity index (χ1v) is 8.17. The summed E-state index contributed by atoms with van der Waals surface area (Å²) in [6.45, 7) is 9.46. The van der Waals surface area contributed by atoms with Crippen molar-refractivity contribution in [2.45, 2.75) is 0 Å². The Hall–Kier alpha value is -2.72. The standard InChI is InChI=1S/C15H18N4O5S/c1-9(12(20)17-10(2)14(22)23-3)16-13(21)11-8-25-15(18-11)19-4-6-24-7-5-19/h8H,1-2,4-7H2,3H3,(H,16,21)(H,17,20). The number of amides is 2. The van der Waals surface area contributed by atoms with Crippen LogP contribution in [0.25, 0.3) is 0 Å². The number of aromatic nitrogens is 1. The van der Waals surface area contributed by atoms with Crippen molar-refractivity contribution >= 4 is 34.3 Å². The van der Waals surface area contributed by atoms with Crippen molar-refractivity contribution in [2.75, 3.05) is 38.3 Å². The molecule has 0 aromatic carbocycles. The molecule has 2 heterocycles. The van der Waals surface area contributed by atoms with Crippen LogP contribution >= 0.6 is 11.3 Å². The van der Waals surface area contributed by atoms with Crippen LogP contribution in [0.5, 0.6) is 0 Å². The number of nitrogens with one attached hydrogen (secondary N) is 2. The molecule has 1 aliphatic heterocycles. The van der Waals surface area contributed by atoms with Crippen LogP contribution in [0.2, 0.25) is 0 Å². The van der Waals surface area contributed by atoms with Crippen LogP contribution in [-0.4, -0.2) is 56.2 Å². The van der Waals surface area contributed by atoms with E-state index in [1.54, 1.807) is 5.38 Å². The Balaban J connectivity index is 1.91. The van der Waals surface area contributed by atoms with Gasteiger partial charge in [0, 0.05) is 18.5 Å². The molecule has 0 radical (unpaired) electrons. The largest absolute Gasteiger partial charge is 0.464 e. The fourth-order valence-corrected chi connectivity index (χ4v) is 2.77. The van der Waals surface area contributed by atoms with E-state index in [0.717, 1.165) is 7.11 Å². The molecule has 0 unspecified atom stereocenters. The Kier molecular flexibility index (Phi) is 6.25. The molecule has 2 N–H and O–H groups in total. The summed E-state index contributed by atoms with van der Waals surface area (Å²) in [7, 11) is 1.16. The van der Waals surface area contributed by atoms with Crippen molar-refractivity contribution in [3.05, 3.63) is 35.6 Å². The van der Waals surface area contributed by atoms with Crippen LogP contribution in [0, 0.1) is 0 Å². The maximum Gasteiger partial charge on any atom is 0.353 e. The van der Waals surface area contributed by atoms with E-state index in [0.29, 0.717) is 31.4 Å². The Morgan fingerprint density at radius 3 is 2.56 bits per heavy atom. The van der Waals surface area contributed by atoms with E-state index < -0.39 is 17.8 Å². The van der Waals surface area contributed by atoms with E-state index in [4.69, 9.17) is 4.74 Å². The lowest BCUT2D eigenvalue weighted by molar-refractivity contribution is -0.137. The zero-order valence-electron chi connectivity index (χ0n) is 13.7. The number of esters is 1. The zero-order chi connectivity index (χ0) is 18.4. The Morgan fingerprint density at radius 2 is 1.92 bits per heavy atom. The van der Waals surface area contributed by atoms with E-state index in [9.17, 15) is 14.4 Å². The van der Waals surface area contributed by atoms with Crippen molar-refractivity contribution in [1.29, 1.82) is 0 Å². The predicted molar refractivity (Wildman–Crippen MR) is 91.1 cm³/mol. The molecule has 1 fully saturated rings. The molecule has 0 saturated carbocycles. The molecule has 1 saturated heterocycles. The number of thiazole rings is 1. The number of carbonyl (C=O) groups is 3. The van der Waals surface area contributed by atoms with Gasteiger partial charge >= 0.3 is 5.97 Å². The van der Waals surface area contributed by atoms with E-state index in [2.05, 4.69) is 33.5 Å². The first-order valence-electron chi connectivity index (χ1n) is 7.29. The summed E-state index contributed by atoms with van der Waals surface area (Å²) in [6, 6.07) is 0. The van der Waals surface area contributed by atoms with Crippen LogP contribution in [0.4, 0.5) is 5.13 Å². The maximum atomic E-state index is 12.2. The highest BCUT2D eigenvalue weighted by Crippen LogP contribution is 2.21. The molecule has 1 aromatic heterocycles. The fraction of sp³-hybridized carbons (Fsp3) is 0.333. The van der Waals surface area contributed by atoms with Crippen molar-refractivity contribution < 1.29 is 23.9 Å². The van der Waals surface area contributed by atoms with Gasteiger partial charge in [0.1, 0.15) is 11.4 Å². The minimum absolute atomic E-state index is 0.173. The smallest absolute Gasteiger partial charge is 0.353 e. The molecule has 1 aromatic rings. The Morgan fingerprint density at radius 1 is 1.24 bits per heavy atom. The molecular weight excluding hydrogens is 348 g/mol. The highest BCUT2D eigenvalue weighted by Gasteiger charge is 2.20. The highest BCUT2D eigenvalue weighted by molar-refractivity contribution is 7.13.